The topological polar surface area (TPSA) is 59.0 Å². The molecule has 0 aromatic heterocycles. The number of ether oxygens (including phenoxy) is 1. The standard InChI is InChI=1S/C25H24N2O3/c1-13(2)30-21-10-7-14-5-3-4-6-15(14)20(21)12-26-27-24(28)22-16-8-9-17(19-11-18(16)19)23(22)25(27)29/h3-10,12-13,16-19,22-23H,11H2,1-2H3/b26-12-/t16-,17-,18-,19-,22+,23+/m1/s1. The van der Waals surface area contributed by atoms with E-state index in [0.717, 1.165) is 27.8 Å². The number of carbonyl (C=O) groups is 2. The van der Waals surface area contributed by atoms with Crippen LogP contribution in [-0.2, 0) is 9.59 Å². The molecule has 7 rings (SSSR count). The minimum Gasteiger partial charge on any atom is -0.490 e. The van der Waals surface area contributed by atoms with E-state index in [2.05, 4.69) is 17.3 Å². The molecule has 0 spiro atoms. The number of allylic oxidation sites excluding steroid dienone is 2. The number of amides is 2. The average molecular weight is 400 g/mol. The van der Waals surface area contributed by atoms with E-state index in [1.807, 2.05) is 50.2 Å². The Kier molecular flexibility index (Phi) is 3.74. The molecular weight excluding hydrogens is 376 g/mol. The Bertz CT molecular complexity index is 1100. The van der Waals surface area contributed by atoms with E-state index < -0.39 is 0 Å². The summed E-state index contributed by atoms with van der Waals surface area (Å²) in [5.74, 6) is 1.55. The number of fused-ring (bicyclic) bond motifs is 1. The van der Waals surface area contributed by atoms with Gasteiger partial charge in [0.25, 0.3) is 11.8 Å². The maximum Gasteiger partial charge on any atom is 0.254 e. The lowest BCUT2D eigenvalue weighted by atomic mass is 9.63. The van der Waals surface area contributed by atoms with Crippen molar-refractivity contribution in [2.45, 2.75) is 26.4 Å². The Morgan fingerprint density at radius 1 is 1.00 bits per heavy atom. The van der Waals surface area contributed by atoms with E-state index in [9.17, 15) is 9.59 Å². The van der Waals surface area contributed by atoms with Gasteiger partial charge in [-0.15, -0.1) is 0 Å². The number of benzene rings is 2. The van der Waals surface area contributed by atoms with Crippen molar-refractivity contribution in [2.24, 2.45) is 40.6 Å². The van der Waals surface area contributed by atoms with Crippen LogP contribution in [0.2, 0.25) is 0 Å². The fraction of sp³-hybridized carbons (Fsp3) is 0.400. The minimum absolute atomic E-state index is 0.00431. The highest BCUT2D eigenvalue weighted by Gasteiger charge is 2.67. The van der Waals surface area contributed by atoms with Crippen LogP contribution >= 0.6 is 0 Å². The summed E-state index contributed by atoms with van der Waals surface area (Å²) in [6.45, 7) is 3.95. The molecule has 4 aliphatic carbocycles. The zero-order valence-electron chi connectivity index (χ0n) is 17.1. The Morgan fingerprint density at radius 3 is 2.33 bits per heavy atom. The first-order valence-electron chi connectivity index (χ1n) is 10.8. The van der Waals surface area contributed by atoms with Gasteiger partial charge in [-0.3, -0.25) is 9.59 Å². The SMILES string of the molecule is CC(C)Oc1ccc2ccccc2c1/C=N\N1C(=O)[C@H]2[C@@H]3C=C[C@H]([C@H]4C[C@H]34)[C@@H]2C1=O. The quantitative estimate of drug-likeness (QED) is 0.443. The Morgan fingerprint density at radius 2 is 1.67 bits per heavy atom. The van der Waals surface area contributed by atoms with Crippen LogP contribution in [0.25, 0.3) is 10.8 Å². The number of imide groups is 1. The molecule has 1 aliphatic heterocycles. The molecule has 3 fully saturated rings. The smallest absolute Gasteiger partial charge is 0.254 e. The highest BCUT2D eigenvalue weighted by molar-refractivity contribution is 6.08. The summed E-state index contributed by atoms with van der Waals surface area (Å²) in [6.07, 6.45) is 7.15. The van der Waals surface area contributed by atoms with Crippen molar-refractivity contribution in [3.63, 3.8) is 0 Å². The lowest BCUT2D eigenvalue weighted by molar-refractivity contribution is -0.140. The molecule has 5 nitrogen and oxygen atoms in total. The first kappa shape index (κ1) is 17.9. The van der Waals surface area contributed by atoms with E-state index in [4.69, 9.17) is 4.74 Å². The van der Waals surface area contributed by atoms with Crippen LogP contribution in [0.3, 0.4) is 0 Å². The van der Waals surface area contributed by atoms with E-state index in [0.29, 0.717) is 17.6 Å². The monoisotopic (exact) mass is 400 g/mol. The lowest BCUT2D eigenvalue weighted by Gasteiger charge is -2.37. The van der Waals surface area contributed by atoms with Gasteiger partial charge in [-0.1, -0.05) is 42.5 Å². The number of rotatable bonds is 4. The van der Waals surface area contributed by atoms with Crippen LogP contribution < -0.4 is 4.74 Å². The number of nitrogens with zero attached hydrogens (tertiary/aromatic N) is 2. The predicted octanol–water partition coefficient (Wildman–Crippen LogP) is 4.01. The average Bonchev–Trinajstić information content (AvgIpc) is 3.52. The van der Waals surface area contributed by atoms with Gasteiger partial charge in [0, 0.05) is 5.56 Å². The molecule has 1 heterocycles. The Hall–Kier alpha value is -2.95. The Balaban J connectivity index is 1.38. The summed E-state index contributed by atoms with van der Waals surface area (Å²) < 4.78 is 5.99. The van der Waals surface area contributed by atoms with Gasteiger partial charge in [-0.25, -0.2) is 0 Å². The summed E-state index contributed by atoms with van der Waals surface area (Å²) in [6, 6.07) is 11.9. The molecule has 5 aliphatic rings. The van der Waals surface area contributed by atoms with Crippen LogP contribution in [0.15, 0.2) is 53.7 Å². The molecule has 2 saturated carbocycles. The number of hydrogen-bond acceptors (Lipinski definition) is 4. The van der Waals surface area contributed by atoms with Gasteiger partial charge in [0.15, 0.2) is 0 Å². The van der Waals surface area contributed by atoms with Gasteiger partial charge in [-0.05, 0) is 60.8 Å². The fourth-order valence-corrected chi connectivity index (χ4v) is 5.94. The molecule has 0 unspecified atom stereocenters. The minimum atomic E-state index is -0.229. The lowest BCUT2D eigenvalue weighted by Crippen LogP contribution is -2.40. The van der Waals surface area contributed by atoms with E-state index >= 15 is 0 Å². The molecule has 1 saturated heterocycles. The van der Waals surface area contributed by atoms with Crippen LogP contribution in [-0.4, -0.2) is 29.1 Å². The summed E-state index contributed by atoms with van der Waals surface area (Å²) in [5.41, 5.74) is 0.793. The zero-order chi connectivity index (χ0) is 20.6. The predicted molar refractivity (Wildman–Crippen MR) is 114 cm³/mol. The molecule has 2 bridgehead atoms. The van der Waals surface area contributed by atoms with Gasteiger partial charge in [0.05, 0.1) is 24.2 Å². The van der Waals surface area contributed by atoms with Crippen molar-refractivity contribution in [3.05, 3.63) is 54.1 Å². The van der Waals surface area contributed by atoms with Gasteiger partial charge in [-0.2, -0.15) is 10.1 Å². The molecule has 0 radical (unpaired) electrons. The number of carbonyl (C=O) groups excluding carboxylic acids is 2. The third kappa shape index (κ3) is 2.44. The van der Waals surface area contributed by atoms with Crippen LogP contribution in [0, 0.1) is 35.5 Å². The zero-order valence-corrected chi connectivity index (χ0v) is 17.1. The molecule has 2 aromatic carbocycles. The van der Waals surface area contributed by atoms with Gasteiger partial charge < -0.3 is 4.74 Å². The third-order valence-corrected chi connectivity index (χ3v) is 7.24. The highest BCUT2D eigenvalue weighted by atomic mass is 16.5. The maximum absolute atomic E-state index is 13.2. The molecular formula is C25H24N2O3. The maximum atomic E-state index is 13.2. The summed E-state index contributed by atoms with van der Waals surface area (Å²) in [4.78, 5) is 26.4. The molecule has 152 valence electrons. The van der Waals surface area contributed by atoms with Crippen molar-refractivity contribution in [2.75, 3.05) is 0 Å². The normalized spacial score (nSPS) is 33.6. The van der Waals surface area contributed by atoms with E-state index in [1.54, 1.807) is 6.21 Å². The van der Waals surface area contributed by atoms with Crippen molar-refractivity contribution in [1.29, 1.82) is 0 Å². The summed E-state index contributed by atoms with van der Waals surface area (Å²) in [7, 11) is 0. The summed E-state index contributed by atoms with van der Waals surface area (Å²) >= 11 is 0. The number of hydrazone groups is 1. The molecule has 2 aromatic rings. The van der Waals surface area contributed by atoms with Crippen molar-refractivity contribution < 1.29 is 14.3 Å². The fourth-order valence-electron chi connectivity index (χ4n) is 5.94. The van der Waals surface area contributed by atoms with Crippen LogP contribution in [0.4, 0.5) is 0 Å². The van der Waals surface area contributed by atoms with Crippen molar-refractivity contribution in [3.8, 4) is 5.75 Å². The van der Waals surface area contributed by atoms with E-state index in [1.165, 1.54) is 0 Å². The van der Waals surface area contributed by atoms with Crippen LogP contribution in [0.1, 0.15) is 25.8 Å². The second-order valence-electron chi connectivity index (χ2n) is 9.25. The Labute approximate surface area is 175 Å². The van der Waals surface area contributed by atoms with Crippen molar-refractivity contribution in [1.82, 2.24) is 5.01 Å². The molecule has 6 atom stereocenters. The van der Waals surface area contributed by atoms with Gasteiger partial charge in [0.2, 0.25) is 0 Å². The second-order valence-corrected chi connectivity index (χ2v) is 9.25. The largest absolute Gasteiger partial charge is 0.490 e. The van der Waals surface area contributed by atoms with Gasteiger partial charge >= 0.3 is 0 Å². The summed E-state index contributed by atoms with van der Waals surface area (Å²) in [5, 5.41) is 7.61. The molecule has 2 amide bonds. The van der Waals surface area contributed by atoms with Gasteiger partial charge in [0.1, 0.15) is 5.75 Å². The second kappa shape index (κ2) is 6.27. The van der Waals surface area contributed by atoms with Crippen molar-refractivity contribution >= 4 is 28.8 Å². The van der Waals surface area contributed by atoms with E-state index in [-0.39, 0.29) is 41.6 Å². The molecule has 30 heavy (non-hydrogen) atoms. The first-order chi connectivity index (χ1) is 14.5. The molecule has 5 heteroatoms. The molecule has 0 N–H and O–H groups in total. The highest BCUT2D eigenvalue weighted by Crippen LogP contribution is 2.65. The third-order valence-electron chi connectivity index (χ3n) is 7.24. The van der Waals surface area contributed by atoms with Crippen LogP contribution in [0.5, 0.6) is 5.75 Å². The first-order valence-corrected chi connectivity index (χ1v) is 10.8. The number of hydrogen-bond donors (Lipinski definition) is 0.